The van der Waals surface area contributed by atoms with Gasteiger partial charge in [0.1, 0.15) is 5.75 Å². The van der Waals surface area contributed by atoms with Gasteiger partial charge in [0.15, 0.2) is 0 Å². The minimum atomic E-state index is 0.206. The van der Waals surface area contributed by atoms with Crippen LogP contribution < -0.4 is 4.74 Å². The number of unbranched alkanes of at least 4 members (excludes halogenated alkanes) is 1. The number of ether oxygens (including phenoxy) is 1. The van der Waals surface area contributed by atoms with Gasteiger partial charge in [-0.15, -0.1) is 11.6 Å². The SMILES string of the molecule is CCCCC(CC)C(Cl)Cc1ccccc1OC. The predicted octanol–water partition coefficient (Wildman–Crippen LogP) is 5.06. The molecule has 0 bridgehead atoms. The summed E-state index contributed by atoms with van der Waals surface area (Å²) in [6, 6.07) is 8.17. The number of rotatable bonds is 8. The average molecular weight is 269 g/mol. The van der Waals surface area contributed by atoms with E-state index in [1.807, 2.05) is 12.1 Å². The maximum Gasteiger partial charge on any atom is 0.122 e. The summed E-state index contributed by atoms with van der Waals surface area (Å²) in [5, 5.41) is 0.206. The van der Waals surface area contributed by atoms with E-state index in [0.29, 0.717) is 5.92 Å². The fourth-order valence-corrected chi connectivity index (χ4v) is 2.83. The summed E-state index contributed by atoms with van der Waals surface area (Å²) in [7, 11) is 1.72. The van der Waals surface area contributed by atoms with Crippen LogP contribution in [0.2, 0.25) is 0 Å². The van der Waals surface area contributed by atoms with Crippen LogP contribution in [0.25, 0.3) is 0 Å². The van der Waals surface area contributed by atoms with Crippen LogP contribution in [0.3, 0.4) is 0 Å². The van der Waals surface area contributed by atoms with Crippen LogP contribution in [0.1, 0.15) is 45.1 Å². The Balaban J connectivity index is 2.63. The summed E-state index contributed by atoms with van der Waals surface area (Å²) in [6.45, 7) is 4.47. The smallest absolute Gasteiger partial charge is 0.122 e. The third kappa shape index (κ3) is 4.53. The maximum atomic E-state index is 6.59. The molecule has 2 heteroatoms. The summed E-state index contributed by atoms with van der Waals surface area (Å²) in [6.07, 6.45) is 5.80. The zero-order valence-electron chi connectivity index (χ0n) is 11.8. The van der Waals surface area contributed by atoms with Crippen LogP contribution in [-0.2, 0) is 6.42 Å². The molecule has 1 nitrogen and oxygen atoms in total. The molecule has 0 spiro atoms. The highest BCUT2D eigenvalue weighted by molar-refractivity contribution is 6.20. The summed E-state index contributed by atoms with van der Waals surface area (Å²) in [5.74, 6) is 1.56. The molecule has 1 rings (SSSR count). The van der Waals surface area contributed by atoms with Crippen molar-refractivity contribution in [1.82, 2.24) is 0 Å². The first-order valence-electron chi connectivity index (χ1n) is 6.98. The van der Waals surface area contributed by atoms with Gasteiger partial charge in [0.05, 0.1) is 7.11 Å². The lowest BCUT2D eigenvalue weighted by atomic mass is 9.91. The molecule has 0 saturated heterocycles. The topological polar surface area (TPSA) is 9.23 Å². The third-order valence-corrected chi connectivity index (χ3v) is 4.08. The summed E-state index contributed by atoms with van der Waals surface area (Å²) in [5.41, 5.74) is 1.22. The molecule has 0 N–H and O–H groups in total. The molecule has 0 aliphatic carbocycles. The molecule has 0 saturated carbocycles. The molecule has 0 fully saturated rings. The van der Waals surface area contributed by atoms with E-state index in [2.05, 4.69) is 26.0 Å². The molecule has 2 unspecified atom stereocenters. The predicted molar refractivity (Wildman–Crippen MR) is 79.6 cm³/mol. The van der Waals surface area contributed by atoms with E-state index in [9.17, 15) is 0 Å². The molecule has 1 aromatic carbocycles. The molecule has 0 aromatic heterocycles. The summed E-state index contributed by atoms with van der Waals surface area (Å²) < 4.78 is 5.38. The maximum absolute atomic E-state index is 6.59. The van der Waals surface area contributed by atoms with Crippen molar-refractivity contribution in [2.75, 3.05) is 7.11 Å². The number of hydrogen-bond donors (Lipinski definition) is 0. The third-order valence-electron chi connectivity index (χ3n) is 3.57. The Hall–Kier alpha value is -0.690. The average Bonchev–Trinajstić information content (AvgIpc) is 2.40. The molecule has 18 heavy (non-hydrogen) atoms. The Labute approximate surface area is 116 Å². The minimum Gasteiger partial charge on any atom is -0.496 e. The van der Waals surface area contributed by atoms with Gasteiger partial charge in [0, 0.05) is 5.38 Å². The van der Waals surface area contributed by atoms with Crippen molar-refractivity contribution in [2.45, 2.75) is 51.3 Å². The highest BCUT2D eigenvalue weighted by atomic mass is 35.5. The van der Waals surface area contributed by atoms with Gasteiger partial charge < -0.3 is 4.74 Å². The van der Waals surface area contributed by atoms with Gasteiger partial charge in [-0.1, -0.05) is 51.3 Å². The van der Waals surface area contributed by atoms with Crippen LogP contribution in [0.5, 0.6) is 5.75 Å². The monoisotopic (exact) mass is 268 g/mol. The van der Waals surface area contributed by atoms with Crippen molar-refractivity contribution in [3.63, 3.8) is 0 Å². The first-order valence-corrected chi connectivity index (χ1v) is 7.42. The van der Waals surface area contributed by atoms with Gasteiger partial charge in [0.2, 0.25) is 0 Å². The quantitative estimate of drug-likeness (QED) is 0.599. The van der Waals surface area contributed by atoms with Gasteiger partial charge in [-0.05, 0) is 30.4 Å². The Morgan fingerprint density at radius 2 is 1.94 bits per heavy atom. The number of benzene rings is 1. The second kappa shape index (κ2) is 8.42. The van der Waals surface area contributed by atoms with Crippen molar-refractivity contribution in [3.05, 3.63) is 29.8 Å². The van der Waals surface area contributed by atoms with Gasteiger partial charge in [-0.25, -0.2) is 0 Å². The molecule has 0 radical (unpaired) electrons. The normalized spacial score (nSPS) is 14.2. The summed E-state index contributed by atoms with van der Waals surface area (Å²) >= 11 is 6.59. The Bertz CT molecular complexity index is 338. The van der Waals surface area contributed by atoms with E-state index in [-0.39, 0.29) is 5.38 Å². The van der Waals surface area contributed by atoms with Crippen molar-refractivity contribution in [1.29, 1.82) is 0 Å². The lowest BCUT2D eigenvalue weighted by Gasteiger charge is -2.21. The molecule has 102 valence electrons. The van der Waals surface area contributed by atoms with Crippen LogP contribution in [0.15, 0.2) is 24.3 Å². The zero-order chi connectivity index (χ0) is 13.4. The largest absolute Gasteiger partial charge is 0.496 e. The van der Waals surface area contributed by atoms with Gasteiger partial charge >= 0.3 is 0 Å². The molecule has 0 heterocycles. The molecule has 2 atom stereocenters. The zero-order valence-corrected chi connectivity index (χ0v) is 12.5. The standard InChI is InChI=1S/C16H25ClO/c1-4-6-9-13(5-2)15(17)12-14-10-7-8-11-16(14)18-3/h7-8,10-11,13,15H,4-6,9,12H2,1-3H3. The molecule has 0 aliphatic rings. The van der Waals surface area contributed by atoms with E-state index >= 15 is 0 Å². The number of halogens is 1. The first kappa shape index (κ1) is 15.4. The second-order valence-corrected chi connectivity index (χ2v) is 5.40. The van der Waals surface area contributed by atoms with Gasteiger partial charge in [-0.3, -0.25) is 0 Å². The molecular weight excluding hydrogens is 244 g/mol. The van der Waals surface area contributed by atoms with Crippen LogP contribution in [0.4, 0.5) is 0 Å². The van der Waals surface area contributed by atoms with Crippen LogP contribution in [-0.4, -0.2) is 12.5 Å². The Morgan fingerprint density at radius 1 is 1.22 bits per heavy atom. The molecule has 0 amide bonds. The van der Waals surface area contributed by atoms with E-state index in [1.54, 1.807) is 7.11 Å². The van der Waals surface area contributed by atoms with Crippen molar-refractivity contribution < 1.29 is 4.74 Å². The highest BCUT2D eigenvalue weighted by Crippen LogP contribution is 2.27. The van der Waals surface area contributed by atoms with Crippen molar-refractivity contribution in [3.8, 4) is 5.75 Å². The molecule has 1 aromatic rings. The number of methoxy groups -OCH3 is 1. The van der Waals surface area contributed by atoms with E-state index in [1.165, 1.54) is 24.8 Å². The summed E-state index contributed by atoms with van der Waals surface area (Å²) in [4.78, 5) is 0. The molecular formula is C16H25ClO. The second-order valence-electron chi connectivity index (χ2n) is 4.84. The van der Waals surface area contributed by atoms with E-state index in [4.69, 9.17) is 16.3 Å². The Kier molecular flexibility index (Phi) is 7.19. The van der Waals surface area contributed by atoms with E-state index in [0.717, 1.165) is 18.6 Å². The number of alkyl halides is 1. The fourth-order valence-electron chi connectivity index (χ4n) is 2.36. The minimum absolute atomic E-state index is 0.206. The first-order chi connectivity index (χ1) is 8.72. The number of hydrogen-bond acceptors (Lipinski definition) is 1. The van der Waals surface area contributed by atoms with Gasteiger partial charge in [0.25, 0.3) is 0 Å². The number of para-hydroxylation sites is 1. The van der Waals surface area contributed by atoms with Crippen LogP contribution in [0, 0.1) is 5.92 Å². The highest BCUT2D eigenvalue weighted by Gasteiger charge is 2.18. The molecule has 0 aliphatic heterocycles. The van der Waals surface area contributed by atoms with Crippen molar-refractivity contribution in [2.24, 2.45) is 5.92 Å². The van der Waals surface area contributed by atoms with Crippen molar-refractivity contribution >= 4 is 11.6 Å². The Morgan fingerprint density at radius 3 is 2.56 bits per heavy atom. The van der Waals surface area contributed by atoms with E-state index < -0.39 is 0 Å². The lowest BCUT2D eigenvalue weighted by Crippen LogP contribution is -2.17. The lowest BCUT2D eigenvalue weighted by molar-refractivity contribution is 0.399. The van der Waals surface area contributed by atoms with Gasteiger partial charge in [-0.2, -0.15) is 0 Å². The van der Waals surface area contributed by atoms with Crippen LogP contribution >= 0.6 is 11.6 Å². The fraction of sp³-hybridized carbons (Fsp3) is 0.625.